The summed E-state index contributed by atoms with van der Waals surface area (Å²) in [5.41, 5.74) is 9.45. The molecule has 0 spiro atoms. The van der Waals surface area contributed by atoms with Crippen LogP contribution in [0, 0.1) is 0 Å². The lowest BCUT2D eigenvalue weighted by molar-refractivity contribution is 0.669. The van der Waals surface area contributed by atoms with Crippen LogP contribution < -0.4 is 5.32 Å². The van der Waals surface area contributed by atoms with E-state index in [0.717, 1.165) is 78.6 Å². The summed E-state index contributed by atoms with van der Waals surface area (Å²) in [6, 6.07) is 42.2. The monoisotopic (exact) mass is 529 g/mol. The fraction of sp³-hybridized carbons (Fsp3) is 0.0541. The number of aromatic nitrogens is 1. The molecule has 0 aliphatic carbocycles. The molecule has 0 saturated carbocycles. The van der Waals surface area contributed by atoms with Crippen molar-refractivity contribution in [1.29, 1.82) is 0 Å². The van der Waals surface area contributed by atoms with Gasteiger partial charge in [0.05, 0.1) is 16.7 Å². The van der Waals surface area contributed by atoms with E-state index in [4.69, 9.17) is 9.41 Å². The van der Waals surface area contributed by atoms with Crippen molar-refractivity contribution in [3.8, 4) is 0 Å². The number of nitrogens with one attached hydrogen (secondary N) is 1. The lowest BCUT2D eigenvalue weighted by Gasteiger charge is -2.21. The molecule has 1 aliphatic rings. The van der Waals surface area contributed by atoms with Crippen LogP contribution >= 0.6 is 0 Å². The minimum Gasteiger partial charge on any atom is -0.456 e. The number of hydrogen-bond donors (Lipinski definition) is 1. The van der Waals surface area contributed by atoms with Gasteiger partial charge in [0.15, 0.2) is 0 Å². The van der Waals surface area contributed by atoms with Crippen LogP contribution in [0.4, 0.5) is 0 Å². The highest BCUT2D eigenvalue weighted by Crippen LogP contribution is 2.37. The van der Waals surface area contributed by atoms with Gasteiger partial charge in [-0.1, -0.05) is 103 Å². The maximum absolute atomic E-state index is 6.29. The molecule has 0 atom stereocenters. The van der Waals surface area contributed by atoms with Gasteiger partial charge in [-0.15, -0.1) is 0 Å². The molecule has 41 heavy (non-hydrogen) atoms. The zero-order valence-electron chi connectivity index (χ0n) is 22.6. The average Bonchev–Trinajstić information content (AvgIpc) is 3.54. The molecule has 7 aromatic rings. The normalized spacial score (nSPS) is 15.5. The third-order valence-corrected chi connectivity index (χ3v) is 8.01. The second-order valence-corrected chi connectivity index (χ2v) is 10.6. The number of benzene rings is 5. The smallest absolute Gasteiger partial charge is 0.213 e. The summed E-state index contributed by atoms with van der Waals surface area (Å²) in [5.74, 6) is 0.761. The fourth-order valence-electron chi connectivity index (χ4n) is 5.99. The molecule has 0 radical (unpaired) electrons. The molecule has 5 aromatic carbocycles. The molecule has 2 aromatic heterocycles. The first-order chi connectivity index (χ1) is 20.2. The van der Waals surface area contributed by atoms with Gasteiger partial charge in [0.2, 0.25) is 5.96 Å². The van der Waals surface area contributed by atoms with Gasteiger partial charge >= 0.3 is 0 Å². The molecule has 0 saturated heterocycles. The SMILES string of the molecule is CC1=C(c2ccccc2)NC(n2c3ccccc3c3cc4oc5ccccc5c4cc32)=N/C(c2ccccc2)=C/C1. The predicted octanol–water partition coefficient (Wildman–Crippen LogP) is 9.36. The molecule has 0 amide bonds. The van der Waals surface area contributed by atoms with E-state index in [1.165, 1.54) is 5.57 Å². The Morgan fingerprint density at radius 1 is 0.634 bits per heavy atom. The van der Waals surface area contributed by atoms with E-state index >= 15 is 0 Å². The Bertz CT molecular complexity index is 2200. The summed E-state index contributed by atoms with van der Waals surface area (Å²) in [4.78, 5) is 5.36. The Kier molecular flexibility index (Phi) is 5.39. The third kappa shape index (κ3) is 3.87. The second-order valence-electron chi connectivity index (χ2n) is 10.6. The molecule has 4 heteroatoms. The van der Waals surface area contributed by atoms with E-state index in [1.54, 1.807) is 0 Å². The van der Waals surface area contributed by atoms with Crippen LogP contribution in [0.2, 0.25) is 0 Å². The molecule has 196 valence electrons. The molecule has 1 N–H and O–H groups in total. The summed E-state index contributed by atoms with van der Waals surface area (Å²) in [6.45, 7) is 2.20. The zero-order valence-corrected chi connectivity index (χ0v) is 22.6. The number of para-hydroxylation sites is 2. The minimum absolute atomic E-state index is 0.761. The van der Waals surface area contributed by atoms with Gasteiger partial charge in [-0.2, -0.15) is 0 Å². The van der Waals surface area contributed by atoms with Crippen molar-refractivity contribution in [3.05, 3.63) is 144 Å². The van der Waals surface area contributed by atoms with Crippen molar-refractivity contribution in [3.63, 3.8) is 0 Å². The number of furan rings is 1. The lowest BCUT2D eigenvalue weighted by Crippen LogP contribution is -2.30. The Hall–Kier alpha value is -5.35. The van der Waals surface area contributed by atoms with E-state index in [1.807, 2.05) is 18.2 Å². The topological polar surface area (TPSA) is 42.5 Å². The van der Waals surface area contributed by atoms with Crippen LogP contribution in [0.15, 0.2) is 142 Å². The maximum atomic E-state index is 6.29. The number of allylic oxidation sites excluding steroid dienone is 2. The highest BCUT2D eigenvalue weighted by Gasteiger charge is 2.21. The Morgan fingerprint density at radius 3 is 2.12 bits per heavy atom. The zero-order chi connectivity index (χ0) is 27.3. The van der Waals surface area contributed by atoms with Crippen molar-refractivity contribution in [1.82, 2.24) is 9.88 Å². The average molecular weight is 530 g/mol. The van der Waals surface area contributed by atoms with Crippen LogP contribution in [0.3, 0.4) is 0 Å². The highest BCUT2D eigenvalue weighted by atomic mass is 16.3. The summed E-state index contributed by atoms with van der Waals surface area (Å²) >= 11 is 0. The van der Waals surface area contributed by atoms with E-state index < -0.39 is 0 Å². The van der Waals surface area contributed by atoms with Crippen LogP contribution in [-0.4, -0.2) is 10.5 Å². The maximum Gasteiger partial charge on any atom is 0.213 e. The van der Waals surface area contributed by atoms with E-state index in [2.05, 4.69) is 126 Å². The number of aliphatic imine (C=N–C) groups is 1. The van der Waals surface area contributed by atoms with Gasteiger partial charge < -0.3 is 9.73 Å². The van der Waals surface area contributed by atoms with Crippen molar-refractivity contribution >= 4 is 61.1 Å². The van der Waals surface area contributed by atoms with Gasteiger partial charge in [0, 0.05) is 27.2 Å². The molecular weight excluding hydrogens is 502 g/mol. The Morgan fingerprint density at radius 2 is 1.32 bits per heavy atom. The van der Waals surface area contributed by atoms with Crippen LogP contribution in [0.5, 0.6) is 0 Å². The van der Waals surface area contributed by atoms with E-state index in [-0.39, 0.29) is 0 Å². The van der Waals surface area contributed by atoms with E-state index in [9.17, 15) is 0 Å². The first-order valence-corrected chi connectivity index (χ1v) is 14.0. The molecule has 3 heterocycles. The van der Waals surface area contributed by atoms with Crippen molar-refractivity contribution in [2.45, 2.75) is 13.3 Å². The van der Waals surface area contributed by atoms with Gasteiger partial charge in [-0.3, -0.25) is 4.57 Å². The molecule has 0 unspecified atom stereocenters. The predicted molar refractivity (Wildman–Crippen MR) is 171 cm³/mol. The van der Waals surface area contributed by atoms with Crippen molar-refractivity contribution < 1.29 is 4.42 Å². The second kappa shape index (κ2) is 9.39. The molecule has 1 aliphatic heterocycles. The van der Waals surface area contributed by atoms with Crippen LogP contribution in [0.25, 0.3) is 55.1 Å². The summed E-state index contributed by atoms with van der Waals surface area (Å²) in [5, 5.41) is 8.31. The first kappa shape index (κ1) is 23.5. The largest absolute Gasteiger partial charge is 0.456 e. The molecular formula is C37H27N3O. The van der Waals surface area contributed by atoms with E-state index in [0.29, 0.717) is 0 Å². The van der Waals surface area contributed by atoms with Crippen LogP contribution in [-0.2, 0) is 0 Å². The highest BCUT2D eigenvalue weighted by molar-refractivity contribution is 6.20. The summed E-state index contributed by atoms with van der Waals surface area (Å²) < 4.78 is 8.56. The molecule has 8 rings (SSSR count). The third-order valence-electron chi connectivity index (χ3n) is 8.01. The van der Waals surface area contributed by atoms with Gasteiger partial charge in [0.1, 0.15) is 11.2 Å². The van der Waals surface area contributed by atoms with Crippen LogP contribution in [0.1, 0.15) is 24.5 Å². The van der Waals surface area contributed by atoms with Gasteiger partial charge in [0.25, 0.3) is 0 Å². The van der Waals surface area contributed by atoms with Gasteiger partial charge in [-0.25, -0.2) is 4.99 Å². The lowest BCUT2D eigenvalue weighted by atomic mass is 10.0. The standard InChI is InChI=1S/C37H27N3O/c1-24-20-21-31(25-12-4-2-5-13-25)38-37(39-36(24)26-14-6-3-7-15-26)40-32-18-10-8-16-27(32)29-23-35-30(22-33(29)40)28-17-9-11-19-34(28)41-35/h2-19,21-23H,20H2,1H3,(H,38,39)/b31-21+,36-24?. The Balaban J connectivity index is 1.45. The van der Waals surface area contributed by atoms with Gasteiger partial charge in [-0.05, 0) is 54.3 Å². The fourth-order valence-corrected chi connectivity index (χ4v) is 5.99. The quantitative estimate of drug-likeness (QED) is 0.242. The molecule has 4 nitrogen and oxygen atoms in total. The Labute approximate surface area is 237 Å². The van der Waals surface area contributed by atoms with Crippen molar-refractivity contribution in [2.75, 3.05) is 0 Å². The molecule has 0 fully saturated rings. The number of rotatable bonds is 2. The van der Waals surface area contributed by atoms with Crippen molar-refractivity contribution in [2.24, 2.45) is 4.99 Å². The number of fused-ring (bicyclic) bond motifs is 6. The summed E-state index contributed by atoms with van der Waals surface area (Å²) in [6.07, 6.45) is 3.04. The molecule has 0 bridgehead atoms. The number of nitrogens with zero attached hydrogens (tertiary/aromatic N) is 2. The number of hydrogen-bond acceptors (Lipinski definition) is 3. The summed E-state index contributed by atoms with van der Waals surface area (Å²) in [7, 11) is 0. The minimum atomic E-state index is 0.761. The first-order valence-electron chi connectivity index (χ1n) is 14.0.